The van der Waals surface area contributed by atoms with Gasteiger partial charge in [0.15, 0.2) is 17.4 Å². The number of halogens is 4. The third-order valence-electron chi connectivity index (χ3n) is 2.69. The van der Waals surface area contributed by atoms with E-state index in [0.717, 1.165) is 24.3 Å². The lowest BCUT2D eigenvalue weighted by molar-refractivity contribution is 0.103. The number of carbonyl (C=O) groups is 1. The Balaban J connectivity index is 2.56. The molecular weight excluding hydrogens is 260 g/mol. The van der Waals surface area contributed by atoms with E-state index in [1.807, 2.05) is 0 Å². The minimum atomic E-state index is -1.38. The highest BCUT2D eigenvalue weighted by molar-refractivity contribution is 6.09. The van der Waals surface area contributed by atoms with Crippen molar-refractivity contribution in [3.63, 3.8) is 0 Å². The predicted octanol–water partition coefficient (Wildman–Crippen LogP) is 3.78. The van der Waals surface area contributed by atoms with Gasteiger partial charge in [0.05, 0.1) is 11.1 Å². The Kier molecular flexibility index (Phi) is 3.38. The summed E-state index contributed by atoms with van der Waals surface area (Å²) in [5.74, 6) is -5.48. The van der Waals surface area contributed by atoms with E-state index in [0.29, 0.717) is 6.07 Å². The zero-order valence-corrected chi connectivity index (χ0v) is 9.81. The average molecular weight is 268 g/mol. The van der Waals surface area contributed by atoms with Gasteiger partial charge in [0, 0.05) is 0 Å². The van der Waals surface area contributed by atoms with Crippen LogP contribution in [0, 0.1) is 30.2 Å². The van der Waals surface area contributed by atoms with Gasteiger partial charge >= 0.3 is 0 Å². The van der Waals surface area contributed by atoms with Gasteiger partial charge in [-0.15, -0.1) is 0 Å². The quantitative estimate of drug-likeness (QED) is 0.598. The van der Waals surface area contributed by atoms with Crippen LogP contribution in [0.25, 0.3) is 0 Å². The van der Waals surface area contributed by atoms with E-state index in [9.17, 15) is 22.4 Å². The highest BCUT2D eigenvalue weighted by Gasteiger charge is 2.21. The normalized spacial score (nSPS) is 10.6. The molecule has 1 nitrogen and oxygen atoms in total. The second-order valence-corrected chi connectivity index (χ2v) is 4.01. The summed E-state index contributed by atoms with van der Waals surface area (Å²) in [6.45, 7) is 1.33. The average Bonchev–Trinajstić information content (AvgIpc) is 2.36. The zero-order valence-electron chi connectivity index (χ0n) is 9.81. The highest BCUT2D eigenvalue weighted by Crippen LogP contribution is 2.20. The monoisotopic (exact) mass is 268 g/mol. The molecule has 0 aromatic heterocycles. The zero-order chi connectivity index (χ0) is 14.2. The van der Waals surface area contributed by atoms with Crippen molar-refractivity contribution in [2.45, 2.75) is 6.92 Å². The predicted molar refractivity (Wildman–Crippen MR) is 60.9 cm³/mol. The van der Waals surface area contributed by atoms with Crippen molar-refractivity contribution in [3.8, 4) is 0 Å². The first-order chi connectivity index (χ1) is 8.91. The van der Waals surface area contributed by atoms with E-state index in [-0.39, 0.29) is 5.56 Å². The molecule has 2 aromatic carbocycles. The first-order valence-electron chi connectivity index (χ1n) is 5.36. The molecule has 0 N–H and O–H groups in total. The van der Waals surface area contributed by atoms with Gasteiger partial charge < -0.3 is 0 Å². The first kappa shape index (κ1) is 13.3. The summed E-state index contributed by atoms with van der Waals surface area (Å²) in [7, 11) is 0. The molecule has 0 fully saturated rings. The minimum Gasteiger partial charge on any atom is -0.288 e. The summed E-state index contributed by atoms with van der Waals surface area (Å²) in [6, 6.07) is 4.47. The summed E-state index contributed by atoms with van der Waals surface area (Å²) < 4.78 is 53.4. The molecule has 0 saturated carbocycles. The molecule has 0 amide bonds. The van der Waals surface area contributed by atoms with Crippen molar-refractivity contribution in [1.29, 1.82) is 0 Å². The minimum absolute atomic E-state index is 0.0220. The summed E-state index contributed by atoms with van der Waals surface area (Å²) in [4.78, 5) is 11.9. The molecule has 98 valence electrons. The molecule has 0 aliphatic heterocycles. The van der Waals surface area contributed by atoms with Crippen LogP contribution in [0.5, 0.6) is 0 Å². The van der Waals surface area contributed by atoms with Gasteiger partial charge in [0.1, 0.15) is 11.6 Å². The summed E-state index contributed by atoms with van der Waals surface area (Å²) in [5.41, 5.74) is -1.25. The number of benzene rings is 2. The molecule has 0 atom stereocenters. The molecule has 5 heteroatoms. The molecule has 0 heterocycles. The third-order valence-corrected chi connectivity index (χ3v) is 2.69. The molecule has 19 heavy (non-hydrogen) atoms. The van der Waals surface area contributed by atoms with Crippen LogP contribution >= 0.6 is 0 Å². The number of aryl methyl sites for hydroxylation is 1. The lowest BCUT2D eigenvalue weighted by Crippen LogP contribution is -2.09. The second kappa shape index (κ2) is 4.84. The molecule has 0 aliphatic rings. The lowest BCUT2D eigenvalue weighted by atomic mass is 10.0. The van der Waals surface area contributed by atoms with Crippen molar-refractivity contribution in [2.24, 2.45) is 0 Å². The van der Waals surface area contributed by atoms with Crippen LogP contribution < -0.4 is 0 Å². The first-order valence-corrected chi connectivity index (χ1v) is 5.36. The van der Waals surface area contributed by atoms with Gasteiger partial charge in [-0.2, -0.15) is 0 Å². The van der Waals surface area contributed by atoms with Crippen molar-refractivity contribution in [2.75, 3.05) is 0 Å². The standard InChI is InChI=1S/C14H8F4O/c1-7-5-12(17)9(6-11(7)16)14(19)8-3-2-4-10(15)13(8)18/h2-6H,1H3. The topological polar surface area (TPSA) is 17.1 Å². The Hall–Kier alpha value is -2.17. The number of hydrogen-bond donors (Lipinski definition) is 0. The van der Waals surface area contributed by atoms with Crippen LogP contribution in [-0.2, 0) is 0 Å². The Morgan fingerprint density at radius 1 is 0.895 bits per heavy atom. The van der Waals surface area contributed by atoms with Gasteiger partial charge in [-0.25, -0.2) is 17.6 Å². The van der Waals surface area contributed by atoms with E-state index in [2.05, 4.69) is 0 Å². The Morgan fingerprint density at radius 3 is 2.26 bits per heavy atom. The fourth-order valence-corrected chi connectivity index (χ4v) is 1.64. The van der Waals surface area contributed by atoms with E-state index in [1.54, 1.807) is 0 Å². The SMILES string of the molecule is Cc1cc(F)c(C(=O)c2cccc(F)c2F)cc1F. The molecule has 2 rings (SSSR count). The Labute approximate surface area is 106 Å². The molecule has 0 aliphatic carbocycles. The van der Waals surface area contributed by atoms with E-state index < -0.39 is 40.2 Å². The number of rotatable bonds is 2. The Morgan fingerprint density at radius 2 is 1.58 bits per heavy atom. The van der Waals surface area contributed by atoms with Crippen molar-refractivity contribution in [1.82, 2.24) is 0 Å². The number of carbonyl (C=O) groups excluding carboxylic acids is 1. The van der Waals surface area contributed by atoms with Crippen molar-refractivity contribution < 1.29 is 22.4 Å². The van der Waals surface area contributed by atoms with Crippen molar-refractivity contribution >= 4 is 5.78 Å². The maximum atomic E-state index is 13.6. The van der Waals surface area contributed by atoms with Crippen LogP contribution in [0.2, 0.25) is 0 Å². The molecule has 0 bridgehead atoms. The van der Waals surface area contributed by atoms with Gasteiger partial charge in [-0.1, -0.05) is 6.07 Å². The van der Waals surface area contributed by atoms with Gasteiger partial charge in [0.25, 0.3) is 0 Å². The maximum Gasteiger partial charge on any atom is 0.199 e. The van der Waals surface area contributed by atoms with Gasteiger partial charge in [-0.3, -0.25) is 4.79 Å². The molecule has 2 aromatic rings. The van der Waals surface area contributed by atoms with Crippen LogP contribution in [0.4, 0.5) is 17.6 Å². The van der Waals surface area contributed by atoms with Crippen LogP contribution in [-0.4, -0.2) is 5.78 Å². The molecule has 0 unspecified atom stereocenters. The van der Waals surface area contributed by atoms with Gasteiger partial charge in [-0.05, 0) is 36.8 Å². The van der Waals surface area contributed by atoms with Crippen LogP contribution in [0.3, 0.4) is 0 Å². The Bertz CT molecular complexity index is 665. The van der Waals surface area contributed by atoms with E-state index >= 15 is 0 Å². The lowest BCUT2D eigenvalue weighted by Gasteiger charge is -2.06. The third kappa shape index (κ3) is 2.36. The second-order valence-electron chi connectivity index (χ2n) is 4.01. The van der Waals surface area contributed by atoms with Crippen LogP contribution in [0.1, 0.15) is 21.5 Å². The van der Waals surface area contributed by atoms with E-state index in [1.165, 1.54) is 6.92 Å². The summed E-state index contributed by atoms with van der Waals surface area (Å²) in [5, 5.41) is 0. The van der Waals surface area contributed by atoms with E-state index in [4.69, 9.17) is 0 Å². The summed E-state index contributed by atoms with van der Waals surface area (Å²) in [6.07, 6.45) is 0. The summed E-state index contributed by atoms with van der Waals surface area (Å²) >= 11 is 0. The number of ketones is 1. The molecular formula is C14H8F4O. The number of hydrogen-bond acceptors (Lipinski definition) is 1. The maximum absolute atomic E-state index is 13.6. The van der Waals surface area contributed by atoms with Crippen LogP contribution in [0.15, 0.2) is 30.3 Å². The molecule has 0 spiro atoms. The smallest absolute Gasteiger partial charge is 0.199 e. The fraction of sp³-hybridized carbons (Fsp3) is 0.0714. The molecule has 0 radical (unpaired) electrons. The fourth-order valence-electron chi connectivity index (χ4n) is 1.64. The van der Waals surface area contributed by atoms with Crippen molar-refractivity contribution in [3.05, 3.63) is 70.3 Å². The molecule has 0 saturated heterocycles. The highest BCUT2D eigenvalue weighted by atomic mass is 19.2. The van der Waals surface area contributed by atoms with Gasteiger partial charge in [0.2, 0.25) is 0 Å². The largest absolute Gasteiger partial charge is 0.288 e.